The summed E-state index contributed by atoms with van der Waals surface area (Å²) in [6.45, 7) is 1.88. The normalized spacial score (nSPS) is 20.9. The van der Waals surface area contributed by atoms with E-state index in [4.69, 9.17) is 4.74 Å². The van der Waals surface area contributed by atoms with Crippen LogP contribution in [0.5, 0.6) is 5.75 Å². The van der Waals surface area contributed by atoms with Gasteiger partial charge in [-0.15, -0.1) is 12.4 Å². The van der Waals surface area contributed by atoms with Crippen LogP contribution in [-0.4, -0.2) is 36.1 Å². The minimum Gasteiger partial charge on any atom is -0.489 e. The van der Waals surface area contributed by atoms with Gasteiger partial charge >= 0.3 is 0 Å². The number of hydrogen-bond acceptors (Lipinski definition) is 4. The van der Waals surface area contributed by atoms with Crippen molar-refractivity contribution in [1.82, 2.24) is 4.90 Å². The summed E-state index contributed by atoms with van der Waals surface area (Å²) < 4.78 is 6.13. The zero-order valence-corrected chi connectivity index (χ0v) is 14.3. The highest BCUT2D eigenvalue weighted by Gasteiger charge is 2.30. The molecule has 0 spiro atoms. The van der Waals surface area contributed by atoms with Gasteiger partial charge in [0, 0.05) is 25.1 Å². The Balaban J connectivity index is 0.00000208. The molecule has 1 fully saturated rings. The van der Waals surface area contributed by atoms with E-state index in [0.717, 1.165) is 19.5 Å². The van der Waals surface area contributed by atoms with Gasteiger partial charge in [-0.3, -0.25) is 10.1 Å². The molecule has 128 valence electrons. The molecule has 24 heavy (non-hydrogen) atoms. The van der Waals surface area contributed by atoms with Crippen LogP contribution in [0.4, 0.5) is 5.69 Å². The minimum absolute atomic E-state index is 0. The molecular formula is C18H21ClN2O3. The molecule has 0 bridgehead atoms. The van der Waals surface area contributed by atoms with E-state index in [1.54, 1.807) is 12.1 Å². The number of ether oxygens (including phenoxy) is 1. The molecule has 0 N–H and O–H groups in total. The standard InChI is InChI=1S/C18H20N2O3.ClH/c1-19-11-10-18(17(13-19)14-6-3-2-4-7-14)23-16-9-5-8-15(12-16)20(21)22;/h2-9,12,17-18H,10-11,13H2,1H3;1H/t17-,18+;/m0./s1. The maximum atomic E-state index is 10.9. The zero-order valence-electron chi connectivity index (χ0n) is 13.5. The largest absolute Gasteiger partial charge is 0.489 e. The molecule has 1 aliphatic rings. The Kier molecular flexibility index (Phi) is 6.17. The van der Waals surface area contributed by atoms with Crippen LogP contribution in [0.1, 0.15) is 17.9 Å². The molecule has 1 heterocycles. The summed E-state index contributed by atoms with van der Waals surface area (Å²) in [5, 5.41) is 10.9. The average Bonchev–Trinajstić information content (AvgIpc) is 2.57. The Morgan fingerprint density at radius 1 is 1.17 bits per heavy atom. The van der Waals surface area contributed by atoms with Gasteiger partial charge in [0.05, 0.1) is 11.0 Å². The lowest BCUT2D eigenvalue weighted by atomic mass is 9.88. The van der Waals surface area contributed by atoms with E-state index >= 15 is 0 Å². The summed E-state index contributed by atoms with van der Waals surface area (Å²) in [4.78, 5) is 12.8. The van der Waals surface area contributed by atoms with E-state index in [1.807, 2.05) is 18.2 Å². The van der Waals surface area contributed by atoms with E-state index in [9.17, 15) is 10.1 Å². The smallest absolute Gasteiger partial charge is 0.273 e. The summed E-state index contributed by atoms with van der Waals surface area (Å²) in [7, 11) is 2.11. The van der Waals surface area contributed by atoms with E-state index in [1.165, 1.54) is 17.7 Å². The van der Waals surface area contributed by atoms with Gasteiger partial charge in [-0.1, -0.05) is 36.4 Å². The van der Waals surface area contributed by atoms with Crippen LogP contribution in [-0.2, 0) is 0 Å². The first-order valence-corrected chi connectivity index (χ1v) is 7.78. The van der Waals surface area contributed by atoms with Crippen LogP contribution in [0.3, 0.4) is 0 Å². The highest BCUT2D eigenvalue weighted by Crippen LogP contribution is 2.31. The minimum atomic E-state index is -0.393. The molecule has 2 aromatic carbocycles. The van der Waals surface area contributed by atoms with Gasteiger partial charge in [0.1, 0.15) is 11.9 Å². The van der Waals surface area contributed by atoms with Gasteiger partial charge < -0.3 is 9.64 Å². The van der Waals surface area contributed by atoms with Crippen molar-refractivity contribution in [3.05, 3.63) is 70.3 Å². The Bertz CT molecular complexity index is 681. The molecule has 0 aliphatic carbocycles. The number of rotatable bonds is 4. The monoisotopic (exact) mass is 348 g/mol. The van der Waals surface area contributed by atoms with Crippen molar-refractivity contribution in [2.24, 2.45) is 0 Å². The van der Waals surface area contributed by atoms with Crippen molar-refractivity contribution in [1.29, 1.82) is 0 Å². The van der Waals surface area contributed by atoms with Crippen LogP contribution >= 0.6 is 12.4 Å². The number of likely N-dealkylation sites (N-methyl/N-ethyl adjacent to an activating group) is 1. The molecule has 2 atom stereocenters. The van der Waals surface area contributed by atoms with E-state index in [-0.39, 0.29) is 30.1 Å². The van der Waals surface area contributed by atoms with Crippen molar-refractivity contribution < 1.29 is 9.66 Å². The van der Waals surface area contributed by atoms with Crippen LogP contribution in [0.2, 0.25) is 0 Å². The number of piperidine rings is 1. The third-order valence-corrected chi connectivity index (χ3v) is 4.30. The zero-order chi connectivity index (χ0) is 16.2. The Morgan fingerprint density at radius 3 is 2.62 bits per heavy atom. The maximum Gasteiger partial charge on any atom is 0.273 e. The molecule has 0 aromatic heterocycles. The number of halogens is 1. The second kappa shape index (κ2) is 8.13. The molecular weight excluding hydrogens is 328 g/mol. The van der Waals surface area contributed by atoms with E-state index < -0.39 is 4.92 Å². The number of likely N-dealkylation sites (tertiary alicyclic amines) is 1. The van der Waals surface area contributed by atoms with Gasteiger partial charge in [-0.05, 0) is 25.1 Å². The van der Waals surface area contributed by atoms with E-state index in [2.05, 4.69) is 24.1 Å². The summed E-state index contributed by atoms with van der Waals surface area (Å²) in [6, 6.07) is 16.8. The molecule has 3 rings (SSSR count). The molecule has 0 amide bonds. The van der Waals surface area contributed by atoms with Crippen molar-refractivity contribution >= 4 is 18.1 Å². The number of nitro benzene ring substituents is 1. The summed E-state index contributed by atoms with van der Waals surface area (Å²) in [5.41, 5.74) is 1.31. The number of benzene rings is 2. The molecule has 0 unspecified atom stereocenters. The quantitative estimate of drug-likeness (QED) is 0.621. The van der Waals surface area contributed by atoms with Crippen LogP contribution in [0, 0.1) is 10.1 Å². The maximum absolute atomic E-state index is 10.9. The van der Waals surface area contributed by atoms with Crippen LogP contribution in [0.15, 0.2) is 54.6 Å². The Hall–Kier alpha value is -2.11. The average molecular weight is 349 g/mol. The number of nitro groups is 1. The number of nitrogens with zero attached hydrogens (tertiary/aromatic N) is 2. The van der Waals surface area contributed by atoms with Gasteiger partial charge in [0.25, 0.3) is 5.69 Å². The Labute approximate surface area is 147 Å². The fraction of sp³-hybridized carbons (Fsp3) is 0.333. The number of hydrogen-bond donors (Lipinski definition) is 0. The second-order valence-corrected chi connectivity index (χ2v) is 5.98. The Morgan fingerprint density at radius 2 is 1.92 bits per heavy atom. The topological polar surface area (TPSA) is 55.6 Å². The van der Waals surface area contributed by atoms with Gasteiger partial charge in [-0.25, -0.2) is 0 Å². The van der Waals surface area contributed by atoms with Gasteiger partial charge in [0.15, 0.2) is 0 Å². The molecule has 1 aliphatic heterocycles. The summed E-state index contributed by atoms with van der Waals surface area (Å²) in [6.07, 6.45) is 0.925. The molecule has 1 saturated heterocycles. The van der Waals surface area contributed by atoms with Crippen molar-refractivity contribution in [2.75, 3.05) is 20.1 Å². The predicted molar refractivity (Wildman–Crippen MR) is 96.1 cm³/mol. The lowest BCUT2D eigenvalue weighted by Gasteiger charge is -2.37. The van der Waals surface area contributed by atoms with Crippen LogP contribution < -0.4 is 4.74 Å². The predicted octanol–water partition coefficient (Wildman–Crippen LogP) is 3.88. The molecule has 0 saturated carbocycles. The first-order valence-electron chi connectivity index (χ1n) is 7.78. The second-order valence-electron chi connectivity index (χ2n) is 5.98. The fourth-order valence-corrected chi connectivity index (χ4v) is 3.10. The molecule has 0 radical (unpaired) electrons. The lowest BCUT2D eigenvalue weighted by Crippen LogP contribution is -2.42. The van der Waals surface area contributed by atoms with Crippen molar-refractivity contribution in [3.8, 4) is 5.75 Å². The molecule has 2 aromatic rings. The molecule has 5 nitrogen and oxygen atoms in total. The van der Waals surface area contributed by atoms with Crippen molar-refractivity contribution in [2.45, 2.75) is 18.4 Å². The van der Waals surface area contributed by atoms with E-state index in [0.29, 0.717) is 5.75 Å². The first kappa shape index (κ1) is 18.2. The SMILES string of the molecule is CN1CC[C@@H](Oc2cccc([N+](=O)[O-])c2)[C@H](c2ccccc2)C1.Cl. The highest BCUT2D eigenvalue weighted by atomic mass is 35.5. The summed E-state index contributed by atoms with van der Waals surface area (Å²) in [5.74, 6) is 0.823. The third kappa shape index (κ3) is 4.24. The van der Waals surface area contributed by atoms with Gasteiger partial charge in [-0.2, -0.15) is 0 Å². The van der Waals surface area contributed by atoms with Crippen molar-refractivity contribution in [3.63, 3.8) is 0 Å². The molecule has 6 heteroatoms. The summed E-state index contributed by atoms with van der Waals surface area (Å²) >= 11 is 0. The highest BCUT2D eigenvalue weighted by molar-refractivity contribution is 5.85. The number of non-ortho nitro benzene ring substituents is 1. The van der Waals surface area contributed by atoms with Gasteiger partial charge in [0.2, 0.25) is 0 Å². The van der Waals surface area contributed by atoms with Crippen LogP contribution in [0.25, 0.3) is 0 Å². The third-order valence-electron chi connectivity index (χ3n) is 4.30. The fourth-order valence-electron chi connectivity index (χ4n) is 3.10. The first-order chi connectivity index (χ1) is 11.1. The lowest BCUT2D eigenvalue weighted by molar-refractivity contribution is -0.385.